The number of imidazole rings is 1. The Morgan fingerprint density at radius 3 is 2.42 bits per heavy atom. The van der Waals surface area contributed by atoms with E-state index in [0.29, 0.717) is 35.4 Å². The molecular formula is C24H22ClN5O. The van der Waals surface area contributed by atoms with E-state index in [-0.39, 0.29) is 5.91 Å². The number of benzene rings is 2. The first-order valence-electron chi connectivity index (χ1n) is 10.4. The van der Waals surface area contributed by atoms with Crippen molar-refractivity contribution in [3.8, 4) is 16.9 Å². The Morgan fingerprint density at radius 1 is 1.00 bits per heavy atom. The van der Waals surface area contributed by atoms with Crippen molar-refractivity contribution < 1.29 is 4.79 Å². The topological polar surface area (TPSA) is 56.0 Å². The fraction of sp³-hybridized carbons (Fsp3) is 0.208. The number of carbonyl (C=O) groups is 1. The van der Waals surface area contributed by atoms with Crippen molar-refractivity contribution in [2.24, 2.45) is 0 Å². The molecule has 3 heterocycles. The highest BCUT2D eigenvalue weighted by Gasteiger charge is 2.28. The predicted octanol–water partition coefficient (Wildman–Crippen LogP) is 4.87. The number of halogens is 1. The lowest BCUT2D eigenvalue weighted by molar-refractivity contribution is 0.0695. The number of hydrogen-bond acceptors (Lipinski definition) is 3. The van der Waals surface area contributed by atoms with Gasteiger partial charge in [0, 0.05) is 48.3 Å². The van der Waals surface area contributed by atoms with Gasteiger partial charge in [-0.3, -0.25) is 4.79 Å². The summed E-state index contributed by atoms with van der Waals surface area (Å²) in [7, 11) is 0. The van der Waals surface area contributed by atoms with Gasteiger partial charge in [0.2, 0.25) is 0 Å². The standard InChI is InChI=1S/C24H22ClN5O/c25-19-8-6-18(7-9-19)23-22(16-30(27-23)21-4-2-1-3-5-21)24(31)28-13-10-20(11-14-28)29-15-12-26-17-29/h1-9,12,15-17,20H,10-11,13-14H2. The lowest BCUT2D eigenvalue weighted by atomic mass is 10.0. The average molecular weight is 432 g/mol. The third-order valence-electron chi connectivity index (χ3n) is 5.78. The van der Waals surface area contributed by atoms with E-state index in [1.54, 1.807) is 10.9 Å². The molecule has 0 spiro atoms. The maximum Gasteiger partial charge on any atom is 0.257 e. The zero-order chi connectivity index (χ0) is 21.2. The summed E-state index contributed by atoms with van der Waals surface area (Å²) >= 11 is 6.07. The summed E-state index contributed by atoms with van der Waals surface area (Å²) in [6, 6.07) is 17.7. The van der Waals surface area contributed by atoms with Crippen LogP contribution in [0.4, 0.5) is 0 Å². The van der Waals surface area contributed by atoms with E-state index in [4.69, 9.17) is 16.7 Å². The molecule has 1 fully saturated rings. The molecule has 0 aliphatic carbocycles. The predicted molar refractivity (Wildman–Crippen MR) is 120 cm³/mol. The van der Waals surface area contributed by atoms with Gasteiger partial charge in [-0.05, 0) is 37.1 Å². The minimum Gasteiger partial charge on any atom is -0.338 e. The van der Waals surface area contributed by atoms with Crippen LogP contribution in [0.3, 0.4) is 0 Å². The van der Waals surface area contributed by atoms with Gasteiger partial charge in [0.25, 0.3) is 5.91 Å². The maximum atomic E-state index is 13.5. The van der Waals surface area contributed by atoms with Crippen LogP contribution in [0.15, 0.2) is 79.5 Å². The van der Waals surface area contributed by atoms with Gasteiger partial charge < -0.3 is 9.47 Å². The first-order chi connectivity index (χ1) is 15.2. The molecule has 1 aliphatic heterocycles. The number of piperidine rings is 1. The molecule has 2 aromatic heterocycles. The van der Waals surface area contributed by atoms with Crippen LogP contribution in [0, 0.1) is 0 Å². The van der Waals surface area contributed by atoms with Crippen molar-refractivity contribution in [3.05, 3.63) is 90.1 Å². The van der Waals surface area contributed by atoms with Crippen LogP contribution >= 0.6 is 11.6 Å². The van der Waals surface area contributed by atoms with Gasteiger partial charge in [-0.15, -0.1) is 0 Å². The molecule has 0 radical (unpaired) electrons. The fourth-order valence-electron chi connectivity index (χ4n) is 4.09. The molecule has 0 bridgehead atoms. The Hall–Kier alpha value is -3.38. The van der Waals surface area contributed by atoms with Gasteiger partial charge in [-0.2, -0.15) is 5.10 Å². The molecule has 5 rings (SSSR count). The smallest absolute Gasteiger partial charge is 0.257 e. The van der Waals surface area contributed by atoms with Gasteiger partial charge >= 0.3 is 0 Å². The number of carbonyl (C=O) groups excluding carboxylic acids is 1. The molecule has 2 aromatic carbocycles. The van der Waals surface area contributed by atoms with Crippen molar-refractivity contribution >= 4 is 17.5 Å². The molecule has 1 aliphatic rings. The number of rotatable bonds is 4. The first kappa shape index (κ1) is 19.6. The second-order valence-corrected chi connectivity index (χ2v) is 8.15. The van der Waals surface area contributed by atoms with Crippen LogP contribution in [0.2, 0.25) is 5.02 Å². The lowest BCUT2D eigenvalue weighted by Crippen LogP contribution is -2.39. The van der Waals surface area contributed by atoms with Crippen molar-refractivity contribution in [2.45, 2.75) is 18.9 Å². The molecule has 156 valence electrons. The zero-order valence-electron chi connectivity index (χ0n) is 16.9. The van der Waals surface area contributed by atoms with Crippen LogP contribution in [-0.4, -0.2) is 43.2 Å². The van der Waals surface area contributed by atoms with E-state index in [9.17, 15) is 4.79 Å². The third-order valence-corrected chi connectivity index (χ3v) is 6.03. The van der Waals surface area contributed by atoms with Crippen molar-refractivity contribution in [1.82, 2.24) is 24.2 Å². The van der Waals surface area contributed by atoms with Gasteiger partial charge in [0.05, 0.1) is 17.6 Å². The molecule has 1 saturated heterocycles. The van der Waals surface area contributed by atoms with Gasteiger partial charge in [-0.1, -0.05) is 41.9 Å². The van der Waals surface area contributed by atoms with Crippen molar-refractivity contribution in [1.29, 1.82) is 0 Å². The zero-order valence-corrected chi connectivity index (χ0v) is 17.7. The highest BCUT2D eigenvalue weighted by atomic mass is 35.5. The Balaban J connectivity index is 1.45. The highest BCUT2D eigenvalue weighted by Crippen LogP contribution is 2.29. The average Bonchev–Trinajstić information content (AvgIpc) is 3.51. The van der Waals surface area contributed by atoms with Gasteiger partial charge in [0.1, 0.15) is 5.69 Å². The van der Waals surface area contributed by atoms with E-state index in [2.05, 4.69) is 9.55 Å². The van der Waals surface area contributed by atoms with Crippen LogP contribution < -0.4 is 0 Å². The van der Waals surface area contributed by atoms with E-state index in [1.807, 2.05) is 78.2 Å². The van der Waals surface area contributed by atoms with Crippen LogP contribution in [0.5, 0.6) is 0 Å². The molecule has 31 heavy (non-hydrogen) atoms. The Labute approximate surface area is 185 Å². The molecular weight excluding hydrogens is 410 g/mol. The summed E-state index contributed by atoms with van der Waals surface area (Å²) in [5.74, 6) is 0.0104. The SMILES string of the molecule is O=C(c1cn(-c2ccccc2)nc1-c1ccc(Cl)cc1)N1CCC(n2ccnc2)CC1. The molecule has 1 amide bonds. The molecule has 0 unspecified atom stereocenters. The van der Waals surface area contributed by atoms with Crippen molar-refractivity contribution in [3.63, 3.8) is 0 Å². The molecule has 0 saturated carbocycles. The summed E-state index contributed by atoms with van der Waals surface area (Å²) in [4.78, 5) is 19.6. The monoisotopic (exact) mass is 431 g/mol. The number of hydrogen-bond donors (Lipinski definition) is 0. The molecule has 7 heteroatoms. The van der Waals surface area contributed by atoms with E-state index in [1.165, 1.54) is 0 Å². The van der Waals surface area contributed by atoms with E-state index in [0.717, 1.165) is 24.1 Å². The third kappa shape index (κ3) is 3.99. The number of nitrogens with zero attached hydrogens (tertiary/aromatic N) is 5. The summed E-state index contributed by atoms with van der Waals surface area (Å²) in [5, 5.41) is 5.42. The summed E-state index contributed by atoms with van der Waals surface area (Å²) < 4.78 is 3.91. The minimum absolute atomic E-state index is 0.0104. The van der Waals surface area contributed by atoms with Crippen LogP contribution in [0.25, 0.3) is 16.9 Å². The molecule has 0 atom stereocenters. The van der Waals surface area contributed by atoms with Crippen LogP contribution in [-0.2, 0) is 0 Å². The largest absolute Gasteiger partial charge is 0.338 e. The summed E-state index contributed by atoms with van der Waals surface area (Å²) in [6.45, 7) is 1.41. The quantitative estimate of drug-likeness (QED) is 0.463. The number of likely N-dealkylation sites (tertiary alicyclic amines) is 1. The molecule has 0 N–H and O–H groups in total. The Kier molecular flexibility index (Phi) is 5.30. The van der Waals surface area contributed by atoms with Crippen molar-refractivity contribution in [2.75, 3.05) is 13.1 Å². The minimum atomic E-state index is 0.0104. The Morgan fingerprint density at radius 2 is 1.74 bits per heavy atom. The number of amides is 1. The van der Waals surface area contributed by atoms with Gasteiger partial charge in [0.15, 0.2) is 0 Å². The molecule has 6 nitrogen and oxygen atoms in total. The molecule has 4 aromatic rings. The lowest BCUT2D eigenvalue weighted by Gasteiger charge is -2.32. The normalized spacial score (nSPS) is 14.7. The van der Waals surface area contributed by atoms with E-state index < -0.39 is 0 Å². The summed E-state index contributed by atoms with van der Waals surface area (Å²) in [5.41, 5.74) is 3.06. The second kappa shape index (κ2) is 8.40. The van der Waals surface area contributed by atoms with Gasteiger partial charge in [-0.25, -0.2) is 9.67 Å². The maximum absolute atomic E-state index is 13.5. The van der Waals surface area contributed by atoms with Crippen LogP contribution in [0.1, 0.15) is 29.2 Å². The highest BCUT2D eigenvalue weighted by molar-refractivity contribution is 6.30. The number of aromatic nitrogens is 4. The number of para-hydroxylation sites is 1. The Bertz CT molecular complexity index is 1160. The second-order valence-electron chi connectivity index (χ2n) is 7.71. The summed E-state index contributed by atoms with van der Waals surface area (Å²) in [6.07, 6.45) is 9.29. The fourth-order valence-corrected chi connectivity index (χ4v) is 4.21. The first-order valence-corrected chi connectivity index (χ1v) is 10.7. The van der Waals surface area contributed by atoms with E-state index >= 15 is 0 Å².